The lowest BCUT2D eigenvalue weighted by molar-refractivity contribution is -0.131. The normalized spacial score (nSPS) is 18.2. The first-order chi connectivity index (χ1) is 10.1. The lowest BCUT2D eigenvalue weighted by Crippen LogP contribution is -2.34. The Hall–Kier alpha value is -2.28. The molecular formula is C14H18N6O. The highest BCUT2D eigenvalue weighted by Gasteiger charge is 2.24. The van der Waals surface area contributed by atoms with Gasteiger partial charge in [0, 0.05) is 24.7 Å². The molecule has 1 aliphatic rings. The fourth-order valence-corrected chi connectivity index (χ4v) is 2.36. The van der Waals surface area contributed by atoms with E-state index in [2.05, 4.69) is 15.4 Å². The maximum Gasteiger partial charge on any atom is 0.246 e. The van der Waals surface area contributed by atoms with Crippen molar-refractivity contribution in [1.82, 2.24) is 25.1 Å². The summed E-state index contributed by atoms with van der Waals surface area (Å²) in [6, 6.07) is 7.95. The number of hydrogen-bond donors (Lipinski definition) is 1. The van der Waals surface area contributed by atoms with E-state index in [1.807, 2.05) is 31.2 Å². The Balaban J connectivity index is 1.67. The van der Waals surface area contributed by atoms with Gasteiger partial charge in [0.2, 0.25) is 11.7 Å². The highest BCUT2D eigenvalue weighted by Crippen LogP contribution is 2.14. The number of benzene rings is 1. The lowest BCUT2D eigenvalue weighted by Gasteiger charge is -2.14. The molecule has 2 heterocycles. The molecule has 0 unspecified atom stereocenters. The van der Waals surface area contributed by atoms with Gasteiger partial charge in [-0.2, -0.15) is 4.80 Å². The van der Waals surface area contributed by atoms with Gasteiger partial charge in [-0.1, -0.05) is 29.8 Å². The summed E-state index contributed by atoms with van der Waals surface area (Å²) in [5.74, 6) is 0.511. The van der Waals surface area contributed by atoms with Crippen molar-refractivity contribution in [2.24, 2.45) is 5.73 Å². The molecule has 1 atom stereocenters. The van der Waals surface area contributed by atoms with E-state index in [0.29, 0.717) is 18.9 Å². The minimum Gasteiger partial charge on any atom is -0.339 e. The molecule has 110 valence electrons. The molecule has 0 aliphatic carbocycles. The highest BCUT2D eigenvalue weighted by molar-refractivity contribution is 5.76. The Labute approximate surface area is 122 Å². The number of aryl methyl sites for hydroxylation is 1. The Morgan fingerprint density at radius 3 is 2.81 bits per heavy atom. The first-order valence-corrected chi connectivity index (χ1v) is 7.00. The van der Waals surface area contributed by atoms with Crippen LogP contribution in [0.5, 0.6) is 0 Å². The van der Waals surface area contributed by atoms with Crippen molar-refractivity contribution in [2.45, 2.75) is 25.9 Å². The molecule has 0 radical (unpaired) electrons. The molecule has 7 nitrogen and oxygen atoms in total. The standard InChI is InChI=1S/C14H18N6O/c1-10-2-4-11(5-3-10)14-16-18-20(17-14)9-13(21)19-7-6-12(15)8-19/h2-5,12H,6-9,15H2,1H3/t12-/m1/s1. The molecule has 21 heavy (non-hydrogen) atoms. The molecule has 0 bridgehead atoms. The molecule has 0 spiro atoms. The second-order valence-corrected chi connectivity index (χ2v) is 5.40. The summed E-state index contributed by atoms with van der Waals surface area (Å²) in [4.78, 5) is 15.2. The van der Waals surface area contributed by atoms with Crippen molar-refractivity contribution in [3.05, 3.63) is 29.8 Å². The van der Waals surface area contributed by atoms with Crippen LogP contribution in [0.25, 0.3) is 11.4 Å². The van der Waals surface area contributed by atoms with Gasteiger partial charge in [-0.3, -0.25) is 4.79 Å². The zero-order valence-corrected chi connectivity index (χ0v) is 11.9. The molecular weight excluding hydrogens is 268 g/mol. The number of aromatic nitrogens is 4. The van der Waals surface area contributed by atoms with E-state index in [1.165, 1.54) is 10.4 Å². The fraction of sp³-hybridized carbons (Fsp3) is 0.429. The smallest absolute Gasteiger partial charge is 0.246 e. The fourth-order valence-electron chi connectivity index (χ4n) is 2.36. The third kappa shape index (κ3) is 3.08. The number of nitrogens with two attached hydrogens (primary N) is 1. The molecule has 0 saturated carbocycles. The van der Waals surface area contributed by atoms with Gasteiger partial charge in [-0.25, -0.2) is 0 Å². The number of likely N-dealkylation sites (tertiary alicyclic amines) is 1. The largest absolute Gasteiger partial charge is 0.339 e. The van der Waals surface area contributed by atoms with Crippen molar-refractivity contribution >= 4 is 5.91 Å². The average molecular weight is 286 g/mol. The van der Waals surface area contributed by atoms with E-state index in [4.69, 9.17) is 5.73 Å². The van der Waals surface area contributed by atoms with Crippen LogP contribution in [0.15, 0.2) is 24.3 Å². The van der Waals surface area contributed by atoms with E-state index < -0.39 is 0 Å². The molecule has 2 N–H and O–H groups in total. The minimum absolute atomic E-state index is 0.0178. The van der Waals surface area contributed by atoms with E-state index in [9.17, 15) is 4.79 Å². The first-order valence-electron chi connectivity index (χ1n) is 7.00. The van der Waals surface area contributed by atoms with Crippen molar-refractivity contribution in [3.63, 3.8) is 0 Å². The lowest BCUT2D eigenvalue weighted by atomic mass is 10.1. The zero-order chi connectivity index (χ0) is 14.8. The number of carbonyl (C=O) groups excluding carboxylic acids is 1. The minimum atomic E-state index is -0.0178. The molecule has 1 aliphatic heterocycles. The summed E-state index contributed by atoms with van der Waals surface area (Å²) in [6.07, 6.45) is 0.852. The molecule has 1 aromatic carbocycles. The number of hydrogen-bond acceptors (Lipinski definition) is 5. The van der Waals surface area contributed by atoms with E-state index in [1.54, 1.807) is 4.90 Å². The number of nitrogens with zero attached hydrogens (tertiary/aromatic N) is 5. The van der Waals surface area contributed by atoms with Crippen LogP contribution >= 0.6 is 0 Å². The highest BCUT2D eigenvalue weighted by atomic mass is 16.2. The maximum absolute atomic E-state index is 12.1. The Bertz CT molecular complexity index is 635. The number of amides is 1. The van der Waals surface area contributed by atoms with Gasteiger partial charge in [-0.05, 0) is 18.6 Å². The van der Waals surface area contributed by atoms with Crippen molar-refractivity contribution in [1.29, 1.82) is 0 Å². The van der Waals surface area contributed by atoms with Crippen molar-refractivity contribution in [3.8, 4) is 11.4 Å². The monoisotopic (exact) mass is 286 g/mol. The van der Waals surface area contributed by atoms with Gasteiger partial charge >= 0.3 is 0 Å². The van der Waals surface area contributed by atoms with Crippen LogP contribution in [0, 0.1) is 6.92 Å². The molecule has 2 aromatic rings. The van der Waals surface area contributed by atoms with Gasteiger partial charge in [0.25, 0.3) is 0 Å². The Kier molecular flexibility index (Phi) is 3.66. The summed E-state index contributed by atoms with van der Waals surface area (Å²) >= 11 is 0. The average Bonchev–Trinajstić information content (AvgIpc) is 3.09. The number of tetrazole rings is 1. The third-order valence-corrected chi connectivity index (χ3v) is 3.62. The molecule has 1 fully saturated rings. The molecule has 1 amide bonds. The number of carbonyl (C=O) groups is 1. The van der Waals surface area contributed by atoms with Gasteiger partial charge in [0.05, 0.1) is 0 Å². The predicted molar refractivity (Wildman–Crippen MR) is 77.2 cm³/mol. The van der Waals surface area contributed by atoms with Crippen LogP contribution in [0.1, 0.15) is 12.0 Å². The van der Waals surface area contributed by atoms with E-state index in [0.717, 1.165) is 12.0 Å². The van der Waals surface area contributed by atoms with Gasteiger partial charge in [0.1, 0.15) is 6.54 Å². The Morgan fingerprint density at radius 1 is 1.38 bits per heavy atom. The summed E-state index contributed by atoms with van der Waals surface area (Å²) in [6.45, 7) is 3.44. The summed E-state index contributed by atoms with van der Waals surface area (Å²) in [7, 11) is 0. The molecule has 1 saturated heterocycles. The van der Waals surface area contributed by atoms with Crippen LogP contribution in [0.2, 0.25) is 0 Å². The first kappa shape index (κ1) is 13.7. The van der Waals surface area contributed by atoms with Crippen LogP contribution in [-0.4, -0.2) is 50.1 Å². The molecule has 7 heteroatoms. The summed E-state index contributed by atoms with van der Waals surface area (Å²) < 4.78 is 0. The van der Waals surface area contributed by atoms with Crippen LogP contribution in [-0.2, 0) is 11.3 Å². The van der Waals surface area contributed by atoms with E-state index >= 15 is 0 Å². The van der Waals surface area contributed by atoms with Gasteiger partial charge < -0.3 is 10.6 Å². The van der Waals surface area contributed by atoms with Crippen molar-refractivity contribution < 1.29 is 4.79 Å². The molecule has 3 rings (SSSR count). The second kappa shape index (κ2) is 5.61. The Morgan fingerprint density at radius 2 is 2.14 bits per heavy atom. The van der Waals surface area contributed by atoms with Gasteiger partial charge in [-0.15, -0.1) is 10.2 Å². The topological polar surface area (TPSA) is 89.9 Å². The predicted octanol–water partition coefficient (Wildman–Crippen LogP) is 0.208. The summed E-state index contributed by atoms with van der Waals surface area (Å²) in [5.41, 5.74) is 7.87. The summed E-state index contributed by atoms with van der Waals surface area (Å²) in [5, 5.41) is 12.2. The molecule has 1 aromatic heterocycles. The van der Waals surface area contributed by atoms with Crippen molar-refractivity contribution in [2.75, 3.05) is 13.1 Å². The van der Waals surface area contributed by atoms with E-state index in [-0.39, 0.29) is 18.5 Å². The zero-order valence-electron chi connectivity index (χ0n) is 11.9. The maximum atomic E-state index is 12.1. The van der Waals surface area contributed by atoms with Gasteiger partial charge in [0.15, 0.2) is 0 Å². The second-order valence-electron chi connectivity index (χ2n) is 5.40. The SMILES string of the molecule is Cc1ccc(-c2nnn(CC(=O)N3CC[C@@H](N)C3)n2)cc1. The third-order valence-electron chi connectivity index (χ3n) is 3.62. The van der Waals surface area contributed by atoms with Crippen LogP contribution in [0.4, 0.5) is 0 Å². The number of rotatable bonds is 3. The quantitative estimate of drug-likeness (QED) is 0.871. The van der Waals surface area contributed by atoms with Crippen LogP contribution in [0.3, 0.4) is 0 Å². The van der Waals surface area contributed by atoms with Crippen LogP contribution < -0.4 is 5.73 Å².